The summed E-state index contributed by atoms with van der Waals surface area (Å²) >= 11 is 0. The Kier molecular flexibility index (Phi) is 42.0. The molecular formula is C47H86O5. The normalized spacial score (nSPS) is 12.4. The quantitative estimate of drug-likeness (QED) is 0.0356. The number of allylic oxidation sites excluding steroid dienone is 6. The van der Waals surface area contributed by atoms with Crippen molar-refractivity contribution in [1.82, 2.24) is 0 Å². The van der Waals surface area contributed by atoms with Gasteiger partial charge in [0.05, 0.1) is 6.61 Å². The van der Waals surface area contributed by atoms with Crippen molar-refractivity contribution in [2.24, 2.45) is 0 Å². The molecule has 0 N–H and O–H groups in total. The van der Waals surface area contributed by atoms with E-state index in [1.165, 1.54) is 141 Å². The standard InChI is InChI=1S/C47H86O5/c1-4-7-10-13-15-17-19-21-23-24-25-26-28-30-32-35-37-40-46(48)51-44-45(52-47(49)41-38-34-12-9-6-3)43-50-42-39-36-33-31-29-27-22-20-18-16-14-11-8-5-2/h11,14,18,20-21,23,45H,4-10,12-13,15-17,19,22,24-44H2,1-3H3/b14-11-,20-18-,23-21-. The van der Waals surface area contributed by atoms with Crippen LogP contribution in [0.3, 0.4) is 0 Å². The molecule has 0 aromatic carbocycles. The summed E-state index contributed by atoms with van der Waals surface area (Å²) in [7, 11) is 0. The summed E-state index contributed by atoms with van der Waals surface area (Å²) in [6.45, 7) is 7.68. The van der Waals surface area contributed by atoms with E-state index in [1.54, 1.807) is 0 Å². The Morgan fingerprint density at radius 2 is 0.846 bits per heavy atom. The van der Waals surface area contributed by atoms with Gasteiger partial charge in [-0.3, -0.25) is 9.59 Å². The van der Waals surface area contributed by atoms with Crippen LogP contribution in [0.15, 0.2) is 36.5 Å². The molecule has 0 fully saturated rings. The zero-order valence-corrected chi connectivity index (χ0v) is 34.8. The Bertz CT molecular complexity index is 832. The van der Waals surface area contributed by atoms with Crippen molar-refractivity contribution < 1.29 is 23.8 Å². The van der Waals surface area contributed by atoms with Gasteiger partial charge in [-0.1, -0.05) is 179 Å². The van der Waals surface area contributed by atoms with Gasteiger partial charge in [-0.2, -0.15) is 0 Å². The van der Waals surface area contributed by atoms with Crippen LogP contribution in [0.1, 0.15) is 226 Å². The maximum atomic E-state index is 12.5. The zero-order valence-electron chi connectivity index (χ0n) is 34.8. The summed E-state index contributed by atoms with van der Waals surface area (Å²) in [6, 6.07) is 0. The van der Waals surface area contributed by atoms with Gasteiger partial charge >= 0.3 is 11.9 Å². The minimum Gasteiger partial charge on any atom is -0.462 e. The molecule has 1 unspecified atom stereocenters. The lowest BCUT2D eigenvalue weighted by Crippen LogP contribution is -2.30. The first-order chi connectivity index (χ1) is 25.6. The molecule has 0 aromatic heterocycles. The van der Waals surface area contributed by atoms with Gasteiger partial charge in [-0.05, 0) is 70.6 Å². The van der Waals surface area contributed by atoms with Crippen LogP contribution in [-0.2, 0) is 23.8 Å². The maximum absolute atomic E-state index is 12.5. The largest absolute Gasteiger partial charge is 0.462 e. The highest BCUT2D eigenvalue weighted by Crippen LogP contribution is 2.13. The first kappa shape index (κ1) is 50.1. The zero-order chi connectivity index (χ0) is 37.8. The van der Waals surface area contributed by atoms with Crippen molar-refractivity contribution in [3.63, 3.8) is 0 Å². The number of hydrogen-bond donors (Lipinski definition) is 0. The fourth-order valence-electron chi connectivity index (χ4n) is 6.25. The minimum atomic E-state index is -0.535. The molecule has 0 bridgehead atoms. The average molecular weight is 731 g/mol. The summed E-state index contributed by atoms with van der Waals surface area (Å²) < 4.78 is 17.2. The third-order valence-electron chi connectivity index (χ3n) is 9.63. The van der Waals surface area contributed by atoms with E-state index in [1.807, 2.05) is 0 Å². The minimum absolute atomic E-state index is 0.0806. The van der Waals surface area contributed by atoms with Crippen LogP contribution in [0, 0.1) is 0 Å². The fraction of sp³-hybridized carbons (Fsp3) is 0.830. The molecule has 0 aliphatic carbocycles. The number of carbonyl (C=O) groups is 2. The van der Waals surface area contributed by atoms with E-state index >= 15 is 0 Å². The molecule has 5 nitrogen and oxygen atoms in total. The van der Waals surface area contributed by atoms with E-state index in [9.17, 15) is 9.59 Å². The number of rotatable bonds is 41. The van der Waals surface area contributed by atoms with Crippen LogP contribution in [0.5, 0.6) is 0 Å². The molecule has 0 saturated heterocycles. The predicted molar refractivity (Wildman–Crippen MR) is 224 cm³/mol. The van der Waals surface area contributed by atoms with Crippen LogP contribution < -0.4 is 0 Å². The number of unbranched alkanes of at least 4 members (excludes halogenated alkanes) is 24. The fourth-order valence-corrected chi connectivity index (χ4v) is 6.25. The van der Waals surface area contributed by atoms with E-state index in [2.05, 4.69) is 57.2 Å². The number of ether oxygens (including phenoxy) is 3. The number of esters is 2. The van der Waals surface area contributed by atoms with Crippen molar-refractivity contribution in [3.8, 4) is 0 Å². The van der Waals surface area contributed by atoms with Crippen LogP contribution in [0.4, 0.5) is 0 Å². The Morgan fingerprint density at radius 3 is 1.37 bits per heavy atom. The smallest absolute Gasteiger partial charge is 0.306 e. The Hall–Kier alpha value is -1.88. The van der Waals surface area contributed by atoms with Crippen LogP contribution in [-0.4, -0.2) is 37.9 Å². The van der Waals surface area contributed by atoms with Crippen LogP contribution >= 0.6 is 0 Å². The molecule has 1 atom stereocenters. The first-order valence-corrected chi connectivity index (χ1v) is 22.5. The molecule has 0 aromatic rings. The van der Waals surface area contributed by atoms with E-state index in [0.717, 1.165) is 51.4 Å². The van der Waals surface area contributed by atoms with Crippen molar-refractivity contribution in [2.75, 3.05) is 19.8 Å². The molecule has 0 spiro atoms. The number of hydrogen-bond acceptors (Lipinski definition) is 5. The monoisotopic (exact) mass is 731 g/mol. The molecular weight excluding hydrogens is 645 g/mol. The second-order valence-electron chi connectivity index (χ2n) is 15.0. The summed E-state index contributed by atoms with van der Waals surface area (Å²) in [5.41, 5.74) is 0. The molecule has 0 amide bonds. The van der Waals surface area contributed by atoms with Gasteiger partial charge in [0.25, 0.3) is 0 Å². The topological polar surface area (TPSA) is 61.8 Å². The maximum Gasteiger partial charge on any atom is 0.306 e. The SMILES string of the molecule is CCC/C=C\C/C=C\CCCCCCCCOCC(COC(=O)CCCCCCCCC/C=C\CCCCCCCC)OC(=O)CCCCCCC. The van der Waals surface area contributed by atoms with Gasteiger partial charge in [-0.25, -0.2) is 0 Å². The Morgan fingerprint density at radius 1 is 0.423 bits per heavy atom. The third kappa shape index (κ3) is 40.9. The second kappa shape index (κ2) is 43.5. The summed E-state index contributed by atoms with van der Waals surface area (Å²) in [5.74, 6) is -0.416. The lowest BCUT2D eigenvalue weighted by Gasteiger charge is -2.18. The van der Waals surface area contributed by atoms with Gasteiger partial charge in [0.1, 0.15) is 6.61 Å². The highest BCUT2D eigenvalue weighted by molar-refractivity contribution is 5.70. The lowest BCUT2D eigenvalue weighted by molar-refractivity contribution is -0.163. The molecule has 304 valence electrons. The van der Waals surface area contributed by atoms with Crippen molar-refractivity contribution in [1.29, 1.82) is 0 Å². The van der Waals surface area contributed by atoms with Gasteiger partial charge < -0.3 is 14.2 Å². The van der Waals surface area contributed by atoms with Crippen molar-refractivity contribution >= 4 is 11.9 Å². The summed E-state index contributed by atoms with van der Waals surface area (Å²) in [6.07, 6.45) is 50.2. The molecule has 0 radical (unpaired) electrons. The van der Waals surface area contributed by atoms with E-state index in [4.69, 9.17) is 14.2 Å². The van der Waals surface area contributed by atoms with Gasteiger partial charge in [-0.15, -0.1) is 0 Å². The molecule has 0 heterocycles. The predicted octanol–water partition coefficient (Wildman–Crippen LogP) is 14.7. The molecule has 0 aliphatic rings. The highest BCUT2D eigenvalue weighted by atomic mass is 16.6. The van der Waals surface area contributed by atoms with Crippen LogP contribution in [0.25, 0.3) is 0 Å². The van der Waals surface area contributed by atoms with E-state index in [0.29, 0.717) is 19.4 Å². The van der Waals surface area contributed by atoms with Gasteiger partial charge in [0.2, 0.25) is 0 Å². The summed E-state index contributed by atoms with van der Waals surface area (Å²) in [4.78, 5) is 25.0. The van der Waals surface area contributed by atoms with E-state index < -0.39 is 6.10 Å². The summed E-state index contributed by atoms with van der Waals surface area (Å²) in [5, 5.41) is 0. The van der Waals surface area contributed by atoms with E-state index in [-0.39, 0.29) is 25.2 Å². The molecule has 0 saturated carbocycles. The van der Waals surface area contributed by atoms with Gasteiger partial charge in [0, 0.05) is 19.4 Å². The molecule has 52 heavy (non-hydrogen) atoms. The van der Waals surface area contributed by atoms with Crippen LogP contribution in [0.2, 0.25) is 0 Å². The highest BCUT2D eigenvalue weighted by Gasteiger charge is 2.17. The Balaban J connectivity index is 4.06. The average Bonchev–Trinajstić information content (AvgIpc) is 3.14. The molecule has 5 heteroatoms. The van der Waals surface area contributed by atoms with Crippen molar-refractivity contribution in [3.05, 3.63) is 36.5 Å². The first-order valence-electron chi connectivity index (χ1n) is 22.5. The Labute approximate surface area is 323 Å². The number of carbonyl (C=O) groups excluding carboxylic acids is 2. The third-order valence-corrected chi connectivity index (χ3v) is 9.63. The lowest BCUT2D eigenvalue weighted by atomic mass is 10.1. The molecule has 0 aliphatic heterocycles. The van der Waals surface area contributed by atoms with Crippen molar-refractivity contribution in [2.45, 2.75) is 232 Å². The van der Waals surface area contributed by atoms with Gasteiger partial charge in [0.15, 0.2) is 6.10 Å². The second-order valence-corrected chi connectivity index (χ2v) is 15.0. The molecule has 0 rings (SSSR count).